The maximum atomic E-state index is 5.27. The van der Waals surface area contributed by atoms with Crippen molar-refractivity contribution in [3.05, 3.63) is 83.9 Å². The van der Waals surface area contributed by atoms with E-state index in [1.165, 1.54) is 27.6 Å². The lowest BCUT2D eigenvalue weighted by Crippen LogP contribution is -1.91. The van der Waals surface area contributed by atoms with Crippen LogP contribution in [0.1, 0.15) is 11.1 Å². The molecule has 2 heteroatoms. The third-order valence-corrected chi connectivity index (χ3v) is 4.71. The van der Waals surface area contributed by atoms with E-state index in [2.05, 4.69) is 74.5 Å². The van der Waals surface area contributed by atoms with Gasteiger partial charge in [-0.25, -0.2) is 4.98 Å². The number of nitrogens with zero attached hydrogens (tertiary/aromatic N) is 1. The first-order chi connectivity index (χ1) is 12.6. The lowest BCUT2D eigenvalue weighted by atomic mass is 9.96. The van der Waals surface area contributed by atoms with Gasteiger partial charge in [0.15, 0.2) is 0 Å². The molecule has 0 saturated heterocycles. The third kappa shape index (κ3) is 3.06. The van der Waals surface area contributed by atoms with Crippen LogP contribution >= 0.6 is 0 Å². The molecule has 0 bridgehead atoms. The van der Waals surface area contributed by atoms with Crippen molar-refractivity contribution in [2.45, 2.75) is 13.8 Å². The Balaban J connectivity index is 1.95. The fourth-order valence-electron chi connectivity index (χ4n) is 3.22. The van der Waals surface area contributed by atoms with Crippen LogP contribution < -0.4 is 4.74 Å². The van der Waals surface area contributed by atoms with Crippen molar-refractivity contribution in [2.75, 3.05) is 7.11 Å². The van der Waals surface area contributed by atoms with Crippen LogP contribution in [0.25, 0.3) is 33.3 Å². The fourth-order valence-corrected chi connectivity index (χ4v) is 3.22. The third-order valence-electron chi connectivity index (χ3n) is 4.71. The van der Waals surface area contributed by atoms with Gasteiger partial charge in [0.2, 0.25) is 0 Å². The highest BCUT2D eigenvalue weighted by Crippen LogP contribution is 2.33. The molecule has 2 nitrogen and oxygen atoms in total. The van der Waals surface area contributed by atoms with Gasteiger partial charge >= 0.3 is 0 Å². The average Bonchev–Trinajstić information content (AvgIpc) is 2.68. The Hall–Kier alpha value is -3.13. The Bertz CT molecular complexity index is 1060. The number of methoxy groups -OCH3 is 1. The highest BCUT2D eigenvalue weighted by atomic mass is 16.5. The van der Waals surface area contributed by atoms with E-state index in [0.29, 0.717) is 0 Å². The molecule has 0 atom stereocenters. The topological polar surface area (TPSA) is 22.1 Å². The Morgan fingerprint density at radius 1 is 0.692 bits per heavy atom. The van der Waals surface area contributed by atoms with Crippen LogP contribution in [0.3, 0.4) is 0 Å². The van der Waals surface area contributed by atoms with Crippen LogP contribution in [0, 0.1) is 13.8 Å². The molecule has 0 amide bonds. The Labute approximate surface area is 154 Å². The minimum absolute atomic E-state index is 0.851. The van der Waals surface area contributed by atoms with E-state index in [4.69, 9.17) is 9.72 Å². The normalized spacial score (nSPS) is 10.9. The molecular weight excluding hydrogens is 318 g/mol. The van der Waals surface area contributed by atoms with Crippen molar-refractivity contribution in [2.24, 2.45) is 0 Å². The van der Waals surface area contributed by atoms with E-state index in [1.807, 2.05) is 12.1 Å². The van der Waals surface area contributed by atoms with E-state index >= 15 is 0 Å². The number of rotatable bonds is 3. The standard InChI is InChI=1S/C24H21NO/c1-16-4-7-18(8-5-16)21-15-24(19-9-11-20(26-3)12-10-19)25-23-13-6-17(2)14-22(21)23/h4-15H,1-3H3. The zero-order valence-electron chi connectivity index (χ0n) is 15.3. The van der Waals surface area contributed by atoms with Crippen LogP contribution in [0.2, 0.25) is 0 Å². The molecule has 0 radical (unpaired) electrons. The second kappa shape index (κ2) is 6.64. The summed E-state index contributed by atoms with van der Waals surface area (Å²) in [6, 6.07) is 25.4. The van der Waals surface area contributed by atoms with E-state index in [-0.39, 0.29) is 0 Å². The number of aromatic nitrogens is 1. The van der Waals surface area contributed by atoms with E-state index in [9.17, 15) is 0 Å². The van der Waals surface area contributed by atoms with Crippen molar-refractivity contribution in [1.82, 2.24) is 4.98 Å². The maximum Gasteiger partial charge on any atom is 0.118 e. The van der Waals surface area contributed by atoms with Crippen LogP contribution in [0.4, 0.5) is 0 Å². The highest BCUT2D eigenvalue weighted by molar-refractivity contribution is 5.97. The summed E-state index contributed by atoms with van der Waals surface area (Å²) in [6.45, 7) is 4.23. The Morgan fingerprint density at radius 3 is 2.04 bits per heavy atom. The van der Waals surface area contributed by atoms with Crippen LogP contribution in [0.5, 0.6) is 5.75 Å². The van der Waals surface area contributed by atoms with E-state index in [1.54, 1.807) is 7.11 Å². The first-order valence-electron chi connectivity index (χ1n) is 8.77. The first-order valence-corrected chi connectivity index (χ1v) is 8.77. The molecule has 0 aliphatic rings. The van der Waals surface area contributed by atoms with Crippen molar-refractivity contribution in [3.63, 3.8) is 0 Å². The minimum atomic E-state index is 0.851. The predicted molar refractivity (Wildman–Crippen MR) is 109 cm³/mol. The lowest BCUT2D eigenvalue weighted by molar-refractivity contribution is 0.415. The van der Waals surface area contributed by atoms with Gasteiger partial charge in [0.05, 0.1) is 18.3 Å². The number of ether oxygens (including phenoxy) is 1. The molecule has 128 valence electrons. The molecular formula is C24H21NO. The smallest absolute Gasteiger partial charge is 0.118 e. The highest BCUT2D eigenvalue weighted by Gasteiger charge is 2.10. The average molecular weight is 339 g/mol. The largest absolute Gasteiger partial charge is 0.497 e. The summed E-state index contributed by atoms with van der Waals surface area (Å²) in [4.78, 5) is 4.90. The van der Waals surface area contributed by atoms with Gasteiger partial charge in [-0.2, -0.15) is 0 Å². The molecule has 0 N–H and O–H groups in total. The van der Waals surface area contributed by atoms with Crippen molar-refractivity contribution in [3.8, 4) is 28.1 Å². The van der Waals surface area contributed by atoms with Crippen LogP contribution in [-0.2, 0) is 0 Å². The summed E-state index contributed by atoms with van der Waals surface area (Å²) in [5.74, 6) is 0.851. The van der Waals surface area contributed by atoms with Crippen molar-refractivity contribution in [1.29, 1.82) is 0 Å². The molecule has 1 heterocycles. The zero-order chi connectivity index (χ0) is 18.1. The van der Waals surface area contributed by atoms with Crippen molar-refractivity contribution < 1.29 is 4.74 Å². The molecule has 4 aromatic rings. The Morgan fingerprint density at radius 2 is 1.35 bits per heavy atom. The van der Waals surface area contributed by atoms with Gasteiger partial charge in [-0.3, -0.25) is 0 Å². The van der Waals surface area contributed by atoms with Gasteiger partial charge in [0.25, 0.3) is 0 Å². The van der Waals surface area contributed by atoms with Gasteiger partial charge < -0.3 is 4.74 Å². The summed E-state index contributed by atoms with van der Waals surface area (Å²) in [5, 5.41) is 1.19. The molecule has 4 rings (SSSR count). The predicted octanol–water partition coefficient (Wildman–Crippen LogP) is 6.19. The van der Waals surface area contributed by atoms with Crippen molar-refractivity contribution >= 4 is 10.9 Å². The fraction of sp³-hybridized carbons (Fsp3) is 0.125. The summed E-state index contributed by atoms with van der Waals surface area (Å²) in [5.41, 5.74) is 8.00. The molecule has 3 aromatic carbocycles. The van der Waals surface area contributed by atoms with Gasteiger partial charge in [0, 0.05) is 10.9 Å². The summed E-state index contributed by atoms with van der Waals surface area (Å²) >= 11 is 0. The number of pyridine rings is 1. The molecule has 0 aliphatic carbocycles. The lowest BCUT2D eigenvalue weighted by Gasteiger charge is -2.12. The number of hydrogen-bond acceptors (Lipinski definition) is 2. The molecule has 0 saturated carbocycles. The van der Waals surface area contributed by atoms with E-state index < -0.39 is 0 Å². The minimum Gasteiger partial charge on any atom is -0.497 e. The molecule has 26 heavy (non-hydrogen) atoms. The second-order valence-electron chi connectivity index (χ2n) is 6.67. The monoisotopic (exact) mass is 339 g/mol. The number of fused-ring (bicyclic) bond motifs is 1. The molecule has 0 unspecified atom stereocenters. The molecule has 0 aliphatic heterocycles. The van der Waals surface area contributed by atoms with E-state index in [0.717, 1.165) is 22.5 Å². The molecule has 0 fully saturated rings. The number of hydrogen-bond donors (Lipinski definition) is 0. The summed E-state index contributed by atoms with van der Waals surface area (Å²) in [7, 11) is 1.68. The molecule has 1 aromatic heterocycles. The van der Waals surface area contributed by atoms with Crippen LogP contribution in [-0.4, -0.2) is 12.1 Å². The van der Waals surface area contributed by atoms with Gasteiger partial charge in [0.1, 0.15) is 5.75 Å². The van der Waals surface area contributed by atoms with Gasteiger partial charge in [-0.05, 0) is 67.4 Å². The quantitative estimate of drug-likeness (QED) is 0.444. The van der Waals surface area contributed by atoms with Gasteiger partial charge in [-0.1, -0.05) is 41.5 Å². The molecule has 0 spiro atoms. The first kappa shape index (κ1) is 16.3. The zero-order valence-corrected chi connectivity index (χ0v) is 15.3. The summed E-state index contributed by atoms with van der Waals surface area (Å²) in [6.07, 6.45) is 0. The maximum absolute atomic E-state index is 5.27. The summed E-state index contributed by atoms with van der Waals surface area (Å²) < 4.78 is 5.27. The number of aryl methyl sites for hydroxylation is 2. The van der Waals surface area contributed by atoms with Gasteiger partial charge in [-0.15, -0.1) is 0 Å². The Kier molecular flexibility index (Phi) is 4.18. The second-order valence-corrected chi connectivity index (χ2v) is 6.67. The SMILES string of the molecule is COc1ccc(-c2cc(-c3ccc(C)cc3)c3cc(C)ccc3n2)cc1. The number of benzene rings is 3. The van der Waals surface area contributed by atoms with Crippen LogP contribution in [0.15, 0.2) is 72.8 Å².